The van der Waals surface area contributed by atoms with Crippen molar-refractivity contribution in [2.24, 2.45) is 0 Å². The third-order valence-electron chi connectivity index (χ3n) is 2.10. The molecule has 0 N–H and O–H groups in total. The lowest BCUT2D eigenvalue weighted by molar-refractivity contribution is -0.135. The largest absolute Gasteiger partial charge is 0.389 e. The molecule has 0 aromatic heterocycles. The minimum Gasteiger partial charge on any atom is -0.294 e. The maximum absolute atomic E-state index is 13.1. The van der Waals surface area contributed by atoms with E-state index in [4.69, 9.17) is 0 Å². The number of halogens is 5. The molecule has 0 heterocycles. The summed E-state index contributed by atoms with van der Waals surface area (Å²) in [5.41, 5.74) is -0.381. The Balaban J connectivity index is 2.59. The number of hydrogen-bond donors (Lipinski definition) is 0. The number of ketones is 1. The van der Waals surface area contributed by atoms with Crippen LogP contribution in [0, 0.1) is 11.6 Å². The van der Waals surface area contributed by atoms with Crippen molar-refractivity contribution in [1.29, 1.82) is 0 Å². The molecule has 0 aliphatic heterocycles. The van der Waals surface area contributed by atoms with E-state index >= 15 is 0 Å². The van der Waals surface area contributed by atoms with E-state index in [0.29, 0.717) is 6.07 Å². The van der Waals surface area contributed by atoms with E-state index in [1.807, 2.05) is 0 Å². The molecule has 0 radical (unpaired) electrons. The molecule has 0 unspecified atom stereocenters. The number of carbonyl (C=O) groups excluding carboxylic acids is 1. The highest BCUT2D eigenvalue weighted by Gasteiger charge is 2.26. The van der Waals surface area contributed by atoms with Crippen molar-refractivity contribution in [1.82, 2.24) is 0 Å². The number of rotatable bonds is 4. The van der Waals surface area contributed by atoms with Gasteiger partial charge in [-0.25, -0.2) is 8.78 Å². The maximum atomic E-state index is 13.1. The second kappa shape index (κ2) is 5.25. The van der Waals surface area contributed by atoms with Crippen LogP contribution in [0.2, 0.25) is 0 Å². The van der Waals surface area contributed by atoms with Gasteiger partial charge in [0.2, 0.25) is 0 Å². The smallest absolute Gasteiger partial charge is 0.294 e. The van der Waals surface area contributed by atoms with Crippen molar-refractivity contribution in [2.45, 2.75) is 25.4 Å². The summed E-state index contributed by atoms with van der Waals surface area (Å²) in [6.45, 7) is 0. The van der Waals surface area contributed by atoms with Crippen LogP contribution in [-0.2, 0) is 0 Å². The van der Waals surface area contributed by atoms with E-state index in [-0.39, 0.29) is 5.56 Å². The fraction of sp³-hybridized carbons (Fsp3) is 0.364. The summed E-state index contributed by atoms with van der Waals surface area (Å²) in [4.78, 5) is 11.3. The Labute approximate surface area is 94.2 Å². The molecule has 0 aliphatic carbocycles. The molecule has 1 rings (SSSR count). The summed E-state index contributed by atoms with van der Waals surface area (Å²) in [5, 5.41) is 0. The molecule has 94 valence electrons. The van der Waals surface area contributed by atoms with Crippen LogP contribution >= 0.6 is 0 Å². The third kappa shape index (κ3) is 4.50. The van der Waals surface area contributed by atoms with Crippen LogP contribution in [0.15, 0.2) is 18.2 Å². The molecule has 0 saturated heterocycles. The van der Waals surface area contributed by atoms with Crippen LogP contribution in [0.4, 0.5) is 22.0 Å². The molecule has 0 spiro atoms. The van der Waals surface area contributed by atoms with E-state index in [1.54, 1.807) is 0 Å². The number of carbonyl (C=O) groups is 1. The van der Waals surface area contributed by atoms with Crippen molar-refractivity contribution in [3.05, 3.63) is 35.4 Å². The molecular formula is C11H9F5O. The van der Waals surface area contributed by atoms with Gasteiger partial charge in [0.15, 0.2) is 5.78 Å². The maximum Gasteiger partial charge on any atom is 0.389 e. The average molecular weight is 252 g/mol. The molecule has 0 bridgehead atoms. The molecular weight excluding hydrogens is 243 g/mol. The zero-order chi connectivity index (χ0) is 13.1. The Morgan fingerprint density at radius 2 is 1.82 bits per heavy atom. The van der Waals surface area contributed by atoms with Crippen LogP contribution in [0.5, 0.6) is 0 Å². The normalized spacial score (nSPS) is 11.6. The predicted octanol–water partition coefficient (Wildman–Crippen LogP) is 3.88. The fourth-order valence-corrected chi connectivity index (χ4v) is 1.30. The van der Waals surface area contributed by atoms with Crippen LogP contribution in [0.1, 0.15) is 29.6 Å². The zero-order valence-electron chi connectivity index (χ0n) is 8.65. The van der Waals surface area contributed by atoms with Gasteiger partial charge in [-0.1, -0.05) is 0 Å². The van der Waals surface area contributed by atoms with Gasteiger partial charge in [-0.3, -0.25) is 4.79 Å². The van der Waals surface area contributed by atoms with Crippen LogP contribution < -0.4 is 0 Å². The van der Waals surface area contributed by atoms with E-state index in [1.165, 1.54) is 0 Å². The van der Waals surface area contributed by atoms with Gasteiger partial charge in [0, 0.05) is 18.9 Å². The number of Topliss-reactive ketones (excluding diaryl/α,β-unsaturated/α-hetero) is 1. The van der Waals surface area contributed by atoms with Gasteiger partial charge in [-0.2, -0.15) is 13.2 Å². The molecule has 0 aliphatic rings. The number of benzene rings is 1. The minimum atomic E-state index is -4.33. The summed E-state index contributed by atoms with van der Waals surface area (Å²) >= 11 is 0. The minimum absolute atomic E-state index is 0.381. The van der Waals surface area contributed by atoms with Crippen LogP contribution in [0.25, 0.3) is 0 Å². The van der Waals surface area contributed by atoms with Gasteiger partial charge in [-0.05, 0) is 18.6 Å². The zero-order valence-corrected chi connectivity index (χ0v) is 8.65. The molecule has 1 aromatic rings. The Morgan fingerprint density at radius 1 is 1.18 bits per heavy atom. The Kier molecular flexibility index (Phi) is 4.20. The molecule has 1 aromatic carbocycles. The van der Waals surface area contributed by atoms with Gasteiger partial charge >= 0.3 is 6.18 Å². The van der Waals surface area contributed by atoms with Crippen LogP contribution in [-0.4, -0.2) is 12.0 Å². The SMILES string of the molecule is O=C(CCCC(F)(F)F)c1ccc(F)cc1F. The average Bonchev–Trinajstić information content (AvgIpc) is 2.15. The first-order chi connectivity index (χ1) is 7.79. The first-order valence-corrected chi connectivity index (χ1v) is 4.84. The Bertz CT molecular complexity index is 411. The first kappa shape index (κ1) is 13.6. The molecule has 0 fully saturated rings. The molecule has 1 nitrogen and oxygen atoms in total. The summed E-state index contributed by atoms with van der Waals surface area (Å²) in [6.07, 6.45) is -6.25. The summed E-state index contributed by atoms with van der Waals surface area (Å²) in [5.74, 6) is -2.65. The van der Waals surface area contributed by atoms with Gasteiger partial charge < -0.3 is 0 Å². The van der Waals surface area contributed by atoms with E-state index in [2.05, 4.69) is 0 Å². The van der Waals surface area contributed by atoms with Crippen molar-refractivity contribution in [3.63, 3.8) is 0 Å². The summed E-state index contributed by atoms with van der Waals surface area (Å²) in [6, 6.07) is 2.34. The van der Waals surface area contributed by atoms with Crippen LogP contribution in [0.3, 0.4) is 0 Å². The Morgan fingerprint density at radius 3 is 2.35 bits per heavy atom. The lowest BCUT2D eigenvalue weighted by Gasteiger charge is -2.05. The Hall–Kier alpha value is -1.46. The molecule has 17 heavy (non-hydrogen) atoms. The topological polar surface area (TPSA) is 17.1 Å². The highest BCUT2D eigenvalue weighted by molar-refractivity contribution is 5.96. The van der Waals surface area contributed by atoms with Crippen molar-refractivity contribution in [2.75, 3.05) is 0 Å². The monoisotopic (exact) mass is 252 g/mol. The highest BCUT2D eigenvalue weighted by atomic mass is 19.4. The van der Waals surface area contributed by atoms with Crippen molar-refractivity contribution < 1.29 is 26.7 Å². The van der Waals surface area contributed by atoms with E-state index in [9.17, 15) is 26.7 Å². The van der Waals surface area contributed by atoms with Gasteiger partial charge in [0.25, 0.3) is 0 Å². The lowest BCUT2D eigenvalue weighted by atomic mass is 10.0. The summed E-state index contributed by atoms with van der Waals surface area (Å²) < 4.78 is 61.0. The standard InChI is InChI=1S/C11H9F5O/c12-7-3-4-8(9(13)6-7)10(17)2-1-5-11(14,15)16/h3-4,6H,1-2,5H2. The number of alkyl halides is 3. The summed E-state index contributed by atoms with van der Waals surface area (Å²) in [7, 11) is 0. The third-order valence-corrected chi connectivity index (χ3v) is 2.10. The van der Waals surface area contributed by atoms with Gasteiger partial charge in [-0.15, -0.1) is 0 Å². The molecule has 0 atom stereocenters. The second-order valence-corrected chi connectivity index (χ2v) is 3.52. The number of hydrogen-bond acceptors (Lipinski definition) is 1. The highest BCUT2D eigenvalue weighted by Crippen LogP contribution is 2.23. The van der Waals surface area contributed by atoms with Gasteiger partial charge in [0.1, 0.15) is 11.6 Å². The quantitative estimate of drug-likeness (QED) is 0.587. The fourth-order valence-electron chi connectivity index (χ4n) is 1.30. The predicted molar refractivity (Wildman–Crippen MR) is 50.6 cm³/mol. The van der Waals surface area contributed by atoms with Gasteiger partial charge in [0.05, 0.1) is 5.56 Å². The van der Waals surface area contributed by atoms with Crippen molar-refractivity contribution >= 4 is 5.78 Å². The first-order valence-electron chi connectivity index (χ1n) is 4.84. The van der Waals surface area contributed by atoms with E-state index < -0.39 is 42.9 Å². The van der Waals surface area contributed by atoms with Crippen molar-refractivity contribution in [3.8, 4) is 0 Å². The lowest BCUT2D eigenvalue weighted by Crippen LogP contribution is -2.09. The van der Waals surface area contributed by atoms with E-state index in [0.717, 1.165) is 12.1 Å². The molecule has 0 amide bonds. The molecule has 6 heteroatoms. The second-order valence-electron chi connectivity index (χ2n) is 3.52. The molecule has 0 saturated carbocycles.